The van der Waals surface area contributed by atoms with Gasteiger partial charge in [-0.05, 0) is 19.1 Å². The van der Waals surface area contributed by atoms with E-state index in [0.29, 0.717) is 23.5 Å². The SMILES string of the molecule is CCOc1c(CO)cnc2c1oc1ccccc12. The lowest BCUT2D eigenvalue weighted by Crippen LogP contribution is -1.98. The van der Waals surface area contributed by atoms with E-state index >= 15 is 0 Å². The molecular weight excluding hydrogens is 230 g/mol. The van der Waals surface area contributed by atoms with E-state index in [4.69, 9.17) is 9.15 Å². The van der Waals surface area contributed by atoms with Crippen molar-refractivity contribution in [2.45, 2.75) is 13.5 Å². The van der Waals surface area contributed by atoms with Crippen molar-refractivity contribution in [1.82, 2.24) is 4.98 Å². The number of aromatic nitrogens is 1. The van der Waals surface area contributed by atoms with Crippen molar-refractivity contribution >= 4 is 22.1 Å². The van der Waals surface area contributed by atoms with Gasteiger partial charge in [-0.25, -0.2) is 0 Å². The largest absolute Gasteiger partial charge is 0.489 e. The number of nitrogens with zero attached hydrogens (tertiary/aromatic N) is 1. The Morgan fingerprint density at radius 3 is 2.94 bits per heavy atom. The lowest BCUT2D eigenvalue weighted by atomic mass is 10.2. The maximum Gasteiger partial charge on any atom is 0.196 e. The monoisotopic (exact) mass is 243 g/mol. The molecule has 0 unspecified atom stereocenters. The van der Waals surface area contributed by atoms with Gasteiger partial charge in [-0.3, -0.25) is 4.98 Å². The van der Waals surface area contributed by atoms with E-state index in [1.165, 1.54) is 0 Å². The van der Waals surface area contributed by atoms with Crippen LogP contribution in [0.1, 0.15) is 12.5 Å². The molecule has 0 bridgehead atoms. The first-order chi connectivity index (χ1) is 8.85. The van der Waals surface area contributed by atoms with Gasteiger partial charge >= 0.3 is 0 Å². The molecule has 4 heteroatoms. The molecule has 0 fully saturated rings. The van der Waals surface area contributed by atoms with Gasteiger partial charge in [0.1, 0.15) is 11.1 Å². The van der Waals surface area contributed by atoms with E-state index in [2.05, 4.69) is 4.98 Å². The third kappa shape index (κ3) is 1.54. The fourth-order valence-corrected chi connectivity index (χ4v) is 2.08. The summed E-state index contributed by atoms with van der Waals surface area (Å²) in [5.41, 5.74) is 2.79. The van der Waals surface area contributed by atoms with Crippen LogP contribution in [0.4, 0.5) is 0 Å². The summed E-state index contributed by atoms with van der Waals surface area (Å²) in [4.78, 5) is 4.35. The Labute approximate surface area is 104 Å². The molecule has 2 heterocycles. The molecular formula is C14H13NO3. The normalized spacial score (nSPS) is 11.2. The molecule has 0 spiro atoms. The van der Waals surface area contributed by atoms with Crippen LogP contribution in [0.2, 0.25) is 0 Å². The van der Waals surface area contributed by atoms with Gasteiger partial charge in [0.15, 0.2) is 11.3 Å². The second-order valence-electron chi connectivity index (χ2n) is 3.98. The summed E-state index contributed by atoms with van der Waals surface area (Å²) in [7, 11) is 0. The molecule has 0 radical (unpaired) electrons. The number of fused-ring (bicyclic) bond motifs is 3. The summed E-state index contributed by atoms with van der Waals surface area (Å²) in [5.74, 6) is 0.584. The third-order valence-electron chi connectivity index (χ3n) is 2.88. The molecule has 0 aliphatic carbocycles. The van der Waals surface area contributed by atoms with Crippen LogP contribution in [-0.4, -0.2) is 16.7 Å². The number of rotatable bonds is 3. The van der Waals surface area contributed by atoms with E-state index in [-0.39, 0.29) is 6.61 Å². The van der Waals surface area contributed by atoms with E-state index in [1.807, 2.05) is 31.2 Å². The molecule has 18 heavy (non-hydrogen) atoms. The van der Waals surface area contributed by atoms with Crippen LogP contribution < -0.4 is 4.74 Å². The molecule has 0 amide bonds. The van der Waals surface area contributed by atoms with Crippen molar-refractivity contribution in [3.05, 3.63) is 36.0 Å². The van der Waals surface area contributed by atoms with Crippen LogP contribution in [0.25, 0.3) is 22.1 Å². The highest BCUT2D eigenvalue weighted by Gasteiger charge is 2.16. The second-order valence-corrected chi connectivity index (χ2v) is 3.98. The van der Waals surface area contributed by atoms with Gasteiger partial charge in [0.2, 0.25) is 0 Å². The molecule has 1 N–H and O–H groups in total. The van der Waals surface area contributed by atoms with Crippen molar-refractivity contribution in [3.8, 4) is 5.75 Å². The molecule has 4 nitrogen and oxygen atoms in total. The fraction of sp³-hybridized carbons (Fsp3) is 0.214. The van der Waals surface area contributed by atoms with Gasteiger partial charge in [-0.1, -0.05) is 12.1 Å². The van der Waals surface area contributed by atoms with Gasteiger partial charge in [-0.2, -0.15) is 0 Å². The summed E-state index contributed by atoms with van der Waals surface area (Å²) >= 11 is 0. The average Bonchev–Trinajstić information content (AvgIpc) is 2.78. The number of para-hydroxylation sites is 1. The van der Waals surface area contributed by atoms with Crippen LogP contribution in [-0.2, 0) is 6.61 Å². The first-order valence-electron chi connectivity index (χ1n) is 5.88. The number of aliphatic hydroxyl groups is 1. The van der Waals surface area contributed by atoms with Crippen LogP contribution in [0.5, 0.6) is 5.75 Å². The van der Waals surface area contributed by atoms with Crippen molar-refractivity contribution in [1.29, 1.82) is 0 Å². The summed E-state index contributed by atoms with van der Waals surface area (Å²) in [5, 5.41) is 10.3. The smallest absolute Gasteiger partial charge is 0.196 e. The van der Waals surface area contributed by atoms with Gasteiger partial charge in [0, 0.05) is 17.1 Å². The maximum atomic E-state index is 9.32. The number of ether oxygens (including phenoxy) is 1. The fourth-order valence-electron chi connectivity index (χ4n) is 2.08. The van der Waals surface area contributed by atoms with E-state index in [0.717, 1.165) is 16.5 Å². The molecule has 0 aliphatic heterocycles. The zero-order chi connectivity index (χ0) is 12.5. The number of pyridine rings is 1. The number of hydrogen-bond donors (Lipinski definition) is 1. The topological polar surface area (TPSA) is 55.5 Å². The number of hydrogen-bond acceptors (Lipinski definition) is 4. The number of aliphatic hydroxyl groups excluding tert-OH is 1. The predicted octanol–water partition coefficient (Wildman–Crippen LogP) is 2.87. The van der Waals surface area contributed by atoms with Crippen LogP contribution in [0.3, 0.4) is 0 Å². The molecule has 0 atom stereocenters. The summed E-state index contributed by atoms with van der Waals surface area (Å²) in [6.07, 6.45) is 1.63. The Morgan fingerprint density at radius 1 is 1.33 bits per heavy atom. The number of furan rings is 1. The third-order valence-corrected chi connectivity index (χ3v) is 2.88. The summed E-state index contributed by atoms with van der Waals surface area (Å²) in [6.45, 7) is 2.30. The lowest BCUT2D eigenvalue weighted by molar-refractivity contribution is 0.266. The minimum absolute atomic E-state index is 0.116. The molecule has 0 saturated carbocycles. The number of benzene rings is 1. The zero-order valence-electron chi connectivity index (χ0n) is 10.0. The Balaban J connectivity index is 2.39. The molecule has 0 aliphatic rings. The molecule has 2 aromatic heterocycles. The Kier molecular flexibility index (Phi) is 2.64. The Morgan fingerprint density at radius 2 is 2.17 bits per heavy atom. The maximum absolute atomic E-state index is 9.32. The van der Waals surface area contributed by atoms with E-state index in [9.17, 15) is 5.11 Å². The lowest BCUT2D eigenvalue weighted by Gasteiger charge is -2.07. The molecule has 92 valence electrons. The van der Waals surface area contributed by atoms with Crippen molar-refractivity contribution in [2.24, 2.45) is 0 Å². The highest BCUT2D eigenvalue weighted by atomic mass is 16.5. The summed E-state index contributed by atoms with van der Waals surface area (Å²) < 4.78 is 11.4. The minimum atomic E-state index is -0.116. The van der Waals surface area contributed by atoms with Crippen molar-refractivity contribution in [2.75, 3.05) is 6.61 Å². The Hall–Kier alpha value is -2.07. The van der Waals surface area contributed by atoms with Crippen LogP contribution in [0.15, 0.2) is 34.9 Å². The second kappa shape index (κ2) is 4.31. The highest BCUT2D eigenvalue weighted by Crippen LogP contribution is 2.35. The van der Waals surface area contributed by atoms with Crippen molar-refractivity contribution < 1.29 is 14.3 Å². The van der Waals surface area contributed by atoms with Crippen LogP contribution in [0, 0.1) is 0 Å². The first-order valence-corrected chi connectivity index (χ1v) is 5.88. The quantitative estimate of drug-likeness (QED) is 0.768. The van der Waals surface area contributed by atoms with E-state index < -0.39 is 0 Å². The van der Waals surface area contributed by atoms with Gasteiger partial charge in [-0.15, -0.1) is 0 Å². The van der Waals surface area contributed by atoms with Gasteiger partial charge in [0.05, 0.1) is 13.2 Å². The van der Waals surface area contributed by atoms with Crippen molar-refractivity contribution in [3.63, 3.8) is 0 Å². The van der Waals surface area contributed by atoms with Crippen LogP contribution >= 0.6 is 0 Å². The standard InChI is InChI=1S/C14H13NO3/c1-2-17-13-9(8-16)7-15-12-10-5-3-4-6-11(10)18-14(12)13/h3-7,16H,2,8H2,1H3. The minimum Gasteiger partial charge on any atom is -0.489 e. The molecule has 1 aromatic carbocycles. The molecule has 3 rings (SSSR count). The Bertz CT molecular complexity index is 703. The van der Waals surface area contributed by atoms with E-state index in [1.54, 1.807) is 6.20 Å². The predicted molar refractivity (Wildman–Crippen MR) is 68.6 cm³/mol. The highest BCUT2D eigenvalue weighted by molar-refractivity contribution is 6.04. The molecule has 3 aromatic rings. The molecule has 0 saturated heterocycles. The van der Waals surface area contributed by atoms with Gasteiger partial charge in [0.25, 0.3) is 0 Å². The first kappa shape index (κ1) is 11.0. The summed E-state index contributed by atoms with van der Waals surface area (Å²) in [6, 6.07) is 7.71. The average molecular weight is 243 g/mol. The zero-order valence-corrected chi connectivity index (χ0v) is 10.0. The van der Waals surface area contributed by atoms with Gasteiger partial charge < -0.3 is 14.3 Å².